The number of carbonyl (C=O) groups excluding carboxylic acids is 1. The number of para-hydroxylation sites is 1. The standard InChI is InChI=1S/C26H33NO6/c1-31-26(14-17-32-18-15-26)22-12-10-20(11-13-22)25(30)27-19-21-7-4-5-8-23(21)33-16-6-2-3-9-24(28)29/h4-5,7-8,10-13H,2-3,6,9,14-19H2,1H3,(H,27,30)(H,28,29). The number of hydrogen-bond donors (Lipinski definition) is 2. The van der Waals surface area contributed by atoms with Gasteiger partial charge < -0.3 is 24.6 Å². The number of rotatable bonds is 12. The van der Waals surface area contributed by atoms with E-state index in [-0.39, 0.29) is 17.9 Å². The van der Waals surface area contributed by atoms with Crippen LogP contribution < -0.4 is 10.1 Å². The molecule has 2 N–H and O–H groups in total. The van der Waals surface area contributed by atoms with Crippen LogP contribution in [0.1, 0.15) is 60.0 Å². The molecule has 0 aliphatic carbocycles. The highest BCUT2D eigenvalue weighted by molar-refractivity contribution is 5.94. The van der Waals surface area contributed by atoms with Gasteiger partial charge in [-0.05, 0) is 43.0 Å². The van der Waals surface area contributed by atoms with Crippen LogP contribution in [0.3, 0.4) is 0 Å². The molecule has 1 aliphatic heterocycles. The first-order chi connectivity index (χ1) is 16.0. The van der Waals surface area contributed by atoms with Gasteiger partial charge in [-0.1, -0.05) is 30.3 Å². The molecule has 0 spiro atoms. The fourth-order valence-electron chi connectivity index (χ4n) is 4.04. The highest BCUT2D eigenvalue weighted by Gasteiger charge is 2.34. The van der Waals surface area contributed by atoms with Gasteiger partial charge in [0.1, 0.15) is 5.75 Å². The molecular formula is C26H33NO6. The molecule has 0 unspecified atom stereocenters. The number of ether oxygens (including phenoxy) is 3. The quantitative estimate of drug-likeness (QED) is 0.464. The molecule has 33 heavy (non-hydrogen) atoms. The van der Waals surface area contributed by atoms with Crippen LogP contribution in [0.4, 0.5) is 0 Å². The van der Waals surface area contributed by atoms with Crippen molar-refractivity contribution in [2.75, 3.05) is 26.9 Å². The average Bonchev–Trinajstić information content (AvgIpc) is 2.85. The molecule has 1 aliphatic rings. The maximum absolute atomic E-state index is 12.7. The van der Waals surface area contributed by atoms with Gasteiger partial charge in [0, 0.05) is 57.3 Å². The van der Waals surface area contributed by atoms with Gasteiger partial charge in [0.2, 0.25) is 0 Å². The molecule has 2 aromatic carbocycles. The Hall–Kier alpha value is -2.90. The summed E-state index contributed by atoms with van der Waals surface area (Å²) in [4.78, 5) is 23.3. The zero-order valence-corrected chi connectivity index (χ0v) is 19.2. The van der Waals surface area contributed by atoms with Crippen molar-refractivity contribution in [3.8, 4) is 5.75 Å². The molecule has 178 valence electrons. The zero-order chi connectivity index (χ0) is 23.5. The molecule has 0 radical (unpaired) electrons. The van der Waals surface area contributed by atoms with Crippen molar-refractivity contribution in [3.05, 3.63) is 65.2 Å². The summed E-state index contributed by atoms with van der Waals surface area (Å²) >= 11 is 0. The summed E-state index contributed by atoms with van der Waals surface area (Å²) in [5.74, 6) is -0.190. The van der Waals surface area contributed by atoms with Crippen molar-refractivity contribution in [3.63, 3.8) is 0 Å². The monoisotopic (exact) mass is 455 g/mol. The topological polar surface area (TPSA) is 94.1 Å². The summed E-state index contributed by atoms with van der Waals surface area (Å²) < 4.78 is 17.2. The lowest BCUT2D eigenvalue weighted by molar-refractivity contribution is -0.137. The Balaban J connectivity index is 1.52. The summed E-state index contributed by atoms with van der Waals surface area (Å²) in [6.07, 6.45) is 4.02. The van der Waals surface area contributed by atoms with E-state index >= 15 is 0 Å². The first-order valence-corrected chi connectivity index (χ1v) is 11.5. The van der Waals surface area contributed by atoms with E-state index in [2.05, 4.69) is 5.32 Å². The van der Waals surface area contributed by atoms with E-state index < -0.39 is 5.97 Å². The van der Waals surface area contributed by atoms with Crippen molar-refractivity contribution in [2.24, 2.45) is 0 Å². The molecule has 0 bridgehead atoms. The molecule has 1 amide bonds. The van der Waals surface area contributed by atoms with Crippen LogP contribution in [-0.4, -0.2) is 43.9 Å². The Bertz CT molecular complexity index is 905. The van der Waals surface area contributed by atoms with Gasteiger partial charge in [-0.15, -0.1) is 0 Å². The predicted octanol–water partition coefficient (Wildman–Crippen LogP) is 4.29. The molecule has 1 fully saturated rings. The number of hydrogen-bond acceptors (Lipinski definition) is 5. The first kappa shape index (κ1) is 24.7. The number of aliphatic carboxylic acids is 1. The molecule has 7 heteroatoms. The van der Waals surface area contributed by atoms with Crippen LogP contribution in [0.5, 0.6) is 5.75 Å². The van der Waals surface area contributed by atoms with E-state index in [4.69, 9.17) is 19.3 Å². The summed E-state index contributed by atoms with van der Waals surface area (Å²) in [5, 5.41) is 11.7. The molecule has 2 aromatic rings. The minimum Gasteiger partial charge on any atom is -0.493 e. The second-order valence-corrected chi connectivity index (χ2v) is 8.23. The number of carboxylic acid groups (broad SMARTS) is 1. The number of unbranched alkanes of at least 4 members (excludes halogenated alkanes) is 2. The molecular weight excluding hydrogens is 422 g/mol. The van der Waals surface area contributed by atoms with E-state index in [0.717, 1.165) is 42.6 Å². The van der Waals surface area contributed by atoms with Gasteiger partial charge in [-0.3, -0.25) is 9.59 Å². The van der Waals surface area contributed by atoms with Crippen molar-refractivity contribution >= 4 is 11.9 Å². The third-order valence-corrected chi connectivity index (χ3v) is 6.07. The molecule has 1 heterocycles. The molecule has 7 nitrogen and oxygen atoms in total. The van der Waals surface area contributed by atoms with Crippen LogP contribution in [0.25, 0.3) is 0 Å². The molecule has 1 saturated heterocycles. The maximum Gasteiger partial charge on any atom is 0.303 e. The van der Waals surface area contributed by atoms with Crippen LogP contribution in [0.15, 0.2) is 48.5 Å². The average molecular weight is 456 g/mol. The summed E-state index contributed by atoms with van der Waals surface area (Å²) in [6.45, 7) is 2.20. The number of benzene rings is 2. The van der Waals surface area contributed by atoms with Crippen LogP contribution >= 0.6 is 0 Å². The fourth-order valence-corrected chi connectivity index (χ4v) is 4.04. The van der Waals surface area contributed by atoms with Crippen molar-refractivity contribution < 1.29 is 28.9 Å². The lowest BCUT2D eigenvalue weighted by Crippen LogP contribution is -2.35. The summed E-state index contributed by atoms with van der Waals surface area (Å²) in [5.41, 5.74) is 2.20. The number of amides is 1. The van der Waals surface area contributed by atoms with E-state index in [1.165, 1.54) is 0 Å². The highest BCUT2D eigenvalue weighted by atomic mass is 16.5. The van der Waals surface area contributed by atoms with E-state index in [1.807, 2.05) is 48.5 Å². The Kier molecular flexibility index (Phi) is 9.27. The fraction of sp³-hybridized carbons (Fsp3) is 0.462. The van der Waals surface area contributed by atoms with Crippen LogP contribution in [-0.2, 0) is 26.4 Å². The normalized spacial score (nSPS) is 15.1. The Morgan fingerprint density at radius 3 is 2.45 bits per heavy atom. The van der Waals surface area contributed by atoms with Gasteiger partial charge in [0.05, 0.1) is 12.2 Å². The van der Waals surface area contributed by atoms with E-state index in [0.29, 0.717) is 38.3 Å². The smallest absolute Gasteiger partial charge is 0.303 e. The Morgan fingerprint density at radius 2 is 1.76 bits per heavy atom. The third-order valence-electron chi connectivity index (χ3n) is 6.07. The Morgan fingerprint density at radius 1 is 1.03 bits per heavy atom. The van der Waals surface area contributed by atoms with Gasteiger partial charge in [-0.25, -0.2) is 0 Å². The number of nitrogens with one attached hydrogen (secondary N) is 1. The molecule has 0 aromatic heterocycles. The number of carbonyl (C=O) groups is 2. The van der Waals surface area contributed by atoms with Crippen molar-refractivity contribution in [1.82, 2.24) is 5.32 Å². The maximum atomic E-state index is 12.7. The minimum absolute atomic E-state index is 0.150. The molecule has 0 saturated carbocycles. The van der Waals surface area contributed by atoms with Crippen molar-refractivity contribution in [2.45, 2.75) is 50.7 Å². The van der Waals surface area contributed by atoms with Gasteiger partial charge in [0.15, 0.2) is 0 Å². The van der Waals surface area contributed by atoms with E-state index in [9.17, 15) is 9.59 Å². The summed E-state index contributed by atoms with van der Waals surface area (Å²) in [7, 11) is 1.72. The zero-order valence-electron chi connectivity index (χ0n) is 19.2. The largest absolute Gasteiger partial charge is 0.493 e. The second-order valence-electron chi connectivity index (χ2n) is 8.23. The van der Waals surface area contributed by atoms with E-state index in [1.54, 1.807) is 7.11 Å². The molecule has 3 rings (SSSR count). The van der Waals surface area contributed by atoms with Crippen LogP contribution in [0, 0.1) is 0 Å². The third kappa shape index (κ3) is 7.04. The van der Waals surface area contributed by atoms with Crippen molar-refractivity contribution in [1.29, 1.82) is 0 Å². The lowest BCUT2D eigenvalue weighted by atomic mass is 9.85. The second kappa shape index (κ2) is 12.4. The first-order valence-electron chi connectivity index (χ1n) is 11.5. The Labute approximate surface area is 195 Å². The van der Waals surface area contributed by atoms with Crippen LogP contribution in [0.2, 0.25) is 0 Å². The predicted molar refractivity (Wildman–Crippen MR) is 124 cm³/mol. The number of methoxy groups -OCH3 is 1. The van der Waals surface area contributed by atoms with Gasteiger partial charge >= 0.3 is 5.97 Å². The highest BCUT2D eigenvalue weighted by Crippen LogP contribution is 2.35. The SMILES string of the molecule is COC1(c2ccc(C(=O)NCc3ccccc3OCCCCCC(=O)O)cc2)CCOCC1. The lowest BCUT2D eigenvalue weighted by Gasteiger charge is -2.36. The number of carboxylic acids is 1. The van der Waals surface area contributed by atoms with Gasteiger partial charge in [0.25, 0.3) is 5.91 Å². The minimum atomic E-state index is -0.770. The summed E-state index contributed by atoms with van der Waals surface area (Å²) in [6, 6.07) is 15.2. The van der Waals surface area contributed by atoms with Gasteiger partial charge in [-0.2, -0.15) is 0 Å². The molecule has 0 atom stereocenters.